The van der Waals surface area contributed by atoms with Crippen molar-refractivity contribution in [3.05, 3.63) is 28.8 Å². The van der Waals surface area contributed by atoms with Crippen LogP contribution in [0.1, 0.15) is 29.5 Å². The molecule has 4 nitrogen and oxygen atoms in total. The number of aryl methyl sites for hydroxylation is 3. The largest absolute Gasteiger partial charge is 0.368 e. The van der Waals surface area contributed by atoms with Crippen molar-refractivity contribution in [3.63, 3.8) is 0 Å². The average molecular weight is 276 g/mol. The van der Waals surface area contributed by atoms with Crippen LogP contribution < -0.4 is 10.6 Å². The third-order valence-corrected chi connectivity index (χ3v) is 3.68. The lowest BCUT2D eigenvalue weighted by Crippen LogP contribution is -2.34. The van der Waals surface area contributed by atoms with Gasteiger partial charge in [-0.15, -0.1) is 0 Å². The topological polar surface area (TPSA) is 50.4 Å². The smallest absolute Gasteiger partial charge is 0.250 e. The number of rotatable bonds is 4. The van der Waals surface area contributed by atoms with E-state index in [0.29, 0.717) is 0 Å². The van der Waals surface area contributed by atoms with Crippen LogP contribution in [0.25, 0.3) is 0 Å². The number of nitrogens with one attached hydrogen (secondary N) is 2. The summed E-state index contributed by atoms with van der Waals surface area (Å²) in [5.41, 5.74) is 4.31. The number of amides is 1. The van der Waals surface area contributed by atoms with Crippen LogP contribution in [0.15, 0.2) is 12.1 Å². The molecule has 110 valence electrons. The predicted octanol–water partition coefficient (Wildman–Crippen LogP) is 2.32. The van der Waals surface area contributed by atoms with Crippen LogP contribution in [-0.2, 0) is 9.53 Å². The lowest BCUT2D eigenvalue weighted by Gasteiger charge is -2.22. The van der Waals surface area contributed by atoms with E-state index in [1.807, 2.05) is 13.8 Å². The molecule has 1 aliphatic heterocycles. The summed E-state index contributed by atoms with van der Waals surface area (Å²) in [7, 11) is 0. The number of ether oxygens (including phenoxy) is 1. The van der Waals surface area contributed by atoms with Gasteiger partial charge in [0.2, 0.25) is 5.91 Å². The van der Waals surface area contributed by atoms with E-state index in [1.165, 1.54) is 5.56 Å². The fourth-order valence-electron chi connectivity index (χ4n) is 2.71. The van der Waals surface area contributed by atoms with Crippen LogP contribution >= 0.6 is 0 Å². The molecule has 0 saturated carbocycles. The first kappa shape index (κ1) is 15.0. The van der Waals surface area contributed by atoms with Crippen LogP contribution in [0.2, 0.25) is 0 Å². The molecule has 0 radical (unpaired) electrons. The average Bonchev–Trinajstić information content (AvgIpc) is 2.42. The van der Waals surface area contributed by atoms with Gasteiger partial charge in [0, 0.05) is 5.69 Å². The van der Waals surface area contributed by atoms with Gasteiger partial charge in [-0.2, -0.15) is 0 Å². The molecule has 0 aromatic heterocycles. The highest BCUT2D eigenvalue weighted by molar-refractivity contribution is 5.93. The van der Waals surface area contributed by atoms with Crippen LogP contribution in [-0.4, -0.2) is 31.7 Å². The minimum absolute atomic E-state index is 0.0708. The SMILES string of the molecule is Cc1cc(C)c(NC(=O)COC2CCNCC2)c(C)c1. The van der Waals surface area contributed by atoms with E-state index >= 15 is 0 Å². The van der Waals surface area contributed by atoms with Crippen molar-refractivity contribution in [3.8, 4) is 0 Å². The summed E-state index contributed by atoms with van der Waals surface area (Å²) < 4.78 is 5.67. The van der Waals surface area contributed by atoms with Crippen LogP contribution in [0, 0.1) is 20.8 Å². The molecule has 1 aromatic rings. The first-order valence-corrected chi connectivity index (χ1v) is 7.26. The van der Waals surface area contributed by atoms with E-state index in [0.717, 1.165) is 42.7 Å². The number of piperidine rings is 1. The lowest BCUT2D eigenvalue weighted by molar-refractivity contribution is -0.123. The fourth-order valence-corrected chi connectivity index (χ4v) is 2.71. The summed E-state index contributed by atoms with van der Waals surface area (Å²) in [6.45, 7) is 8.18. The minimum atomic E-state index is -0.0708. The summed E-state index contributed by atoms with van der Waals surface area (Å²) in [6, 6.07) is 4.16. The Balaban J connectivity index is 1.88. The van der Waals surface area contributed by atoms with Crippen LogP contribution in [0.4, 0.5) is 5.69 Å². The third kappa shape index (κ3) is 4.05. The second kappa shape index (κ2) is 6.86. The molecular weight excluding hydrogens is 252 g/mol. The van der Waals surface area contributed by atoms with E-state index in [2.05, 4.69) is 29.7 Å². The molecule has 0 unspecified atom stereocenters. The highest BCUT2D eigenvalue weighted by Crippen LogP contribution is 2.21. The normalized spacial score (nSPS) is 16.1. The molecule has 0 spiro atoms. The maximum Gasteiger partial charge on any atom is 0.250 e. The number of benzene rings is 1. The molecule has 4 heteroatoms. The molecule has 1 aromatic carbocycles. The van der Waals surface area contributed by atoms with E-state index in [4.69, 9.17) is 4.74 Å². The molecule has 1 amide bonds. The standard InChI is InChI=1S/C16H24N2O2/c1-11-8-12(2)16(13(3)9-11)18-15(19)10-20-14-4-6-17-7-5-14/h8-9,14,17H,4-7,10H2,1-3H3,(H,18,19). The van der Waals surface area contributed by atoms with Crippen molar-refractivity contribution in [2.24, 2.45) is 0 Å². The summed E-state index contributed by atoms with van der Waals surface area (Å²) in [6.07, 6.45) is 2.17. The van der Waals surface area contributed by atoms with Crippen molar-refractivity contribution in [2.75, 3.05) is 25.0 Å². The maximum absolute atomic E-state index is 12.0. The zero-order valence-electron chi connectivity index (χ0n) is 12.6. The van der Waals surface area contributed by atoms with Crippen molar-refractivity contribution in [1.29, 1.82) is 0 Å². The summed E-state index contributed by atoms with van der Waals surface area (Å²) >= 11 is 0. The number of anilines is 1. The Morgan fingerprint density at radius 2 is 1.85 bits per heavy atom. The second-order valence-electron chi connectivity index (χ2n) is 5.58. The van der Waals surface area contributed by atoms with E-state index in [-0.39, 0.29) is 18.6 Å². The highest BCUT2D eigenvalue weighted by atomic mass is 16.5. The minimum Gasteiger partial charge on any atom is -0.368 e. The second-order valence-corrected chi connectivity index (χ2v) is 5.58. The highest BCUT2D eigenvalue weighted by Gasteiger charge is 2.15. The van der Waals surface area contributed by atoms with E-state index in [1.54, 1.807) is 0 Å². The van der Waals surface area contributed by atoms with Crippen LogP contribution in [0.5, 0.6) is 0 Å². The molecule has 0 bridgehead atoms. The molecule has 2 rings (SSSR count). The molecular formula is C16H24N2O2. The van der Waals surface area contributed by atoms with E-state index < -0.39 is 0 Å². The number of hydrogen-bond donors (Lipinski definition) is 2. The Labute approximate surface area is 120 Å². The molecule has 1 aliphatic rings. The van der Waals surface area contributed by atoms with Gasteiger partial charge in [-0.3, -0.25) is 4.79 Å². The van der Waals surface area contributed by atoms with Crippen LogP contribution in [0.3, 0.4) is 0 Å². The first-order valence-electron chi connectivity index (χ1n) is 7.26. The quantitative estimate of drug-likeness (QED) is 0.887. The molecule has 1 heterocycles. The zero-order chi connectivity index (χ0) is 14.5. The molecule has 20 heavy (non-hydrogen) atoms. The maximum atomic E-state index is 12.0. The van der Waals surface area contributed by atoms with Crippen molar-refractivity contribution in [2.45, 2.75) is 39.7 Å². The van der Waals surface area contributed by atoms with Gasteiger partial charge in [0.1, 0.15) is 6.61 Å². The summed E-state index contributed by atoms with van der Waals surface area (Å²) in [5.74, 6) is -0.0708. The van der Waals surface area contributed by atoms with Gasteiger partial charge in [-0.05, 0) is 57.8 Å². The third-order valence-electron chi connectivity index (χ3n) is 3.68. The van der Waals surface area contributed by atoms with Gasteiger partial charge in [-0.1, -0.05) is 17.7 Å². The number of carbonyl (C=O) groups is 1. The van der Waals surface area contributed by atoms with Gasteiger partial charge in [0.05, 0.1) is 6.10 Å². The van der Waals surface area contributed by atoms with Gasteiger partial charge < -0.3 is 15.4 Å². The molecule has 1 fully saturated rings. The Morgan fingerprint density at radius 3 is 2.45 bits per heavy atom. The Hall–Kier alpha value is -1.39. The van der Waals surface area contributed by atoms with Gasteiger partial charge in [-0.25, -0.2) is 0 Å². The Bertz CT molecular complexity index is 456. The zero-order valence-corrected chi connectivity index (χ0v) is 12.6. The molecule has 1 saturated heterocycles. The fraction of sp³-hybridized carbons (Fsp3) is 0.562. The summed E-state index contributed by atoms with van der Waals surface area (Å²) in [5, 5.41) is 6.25. The number of hydrogen-bond acceptors (Lipinski definition) is 3. The van der Waals surface area contributed by atoms with E-state index in [9.17, 15) is 4.79 Å². The Morgan fingerprint density at radius 1 is 1.25 bits per heavy atom. The van der Waals surface area contributed by atoms with Gasteiger partial charge in [0.25, 0.3) is 0 Å². The van der Waals surface area contributed by atoms with Gasteiger partial charge >= 0.3 is 0 Å². The van der Waals surface area contributed by atoms with Crippen molar-refractivity contribution >= 4 is 11.6 Å². The van der Waals surface area contributed by atoms with Crippen molar-refractivity contribution in [1.82, 2.24) is 5.32 Å². The molecule has 0 aliphatic carbocycles. The monoisotopic (exact) mass is 276 g/mol. The van der Waals surface area contributed by atoms with Crippen molar-refractivity contribution < 1.29 is 9.53 Å². The molecule has 0 atom stereocenters. The number of carbonyl (C=O) groups excluding carboxylic acids is 1. The lowest BCUT2D eigenvalue weighted by atomic mass is 10.1. The Kier molecular flexibility index (Phi) is 5.15. The molecule has 2 N–H and O–H groups in total. The summed E-state index contributed by atoms with van der Waals surface area (Å²) in [4.78, 5) is 12.0. The first-order chi connectivity index (χ1) is 9.56. The predicted molar refractivity (Wildman–Crippen MR) is 81.1 cm³/mol. The van der Waals surface area contributed by atoms with Gasteiger partial charge in [0.15, 0.2) is 0 Å².